The zero-order valence-corrected chi connectivity index (χ0v) is 17.9. The number of piperidine rings is 1. The first-order valence-electron chi connectivity index (χ1n) is 10.9. The minimum Gasteiger partial charge on any atom is -0.360 e. The fourth-order valence-electron chi connectivity index (χ4n) is 4.70. The number of pyridine rings is 1. The van der Waals surface area contributed by atoms with Crippen molar-refractivity contribution in [3.8, 4) is 0 Å². The predicted molar refractivity (Wildman–Crippen MR) is 122 cm³/mol. The SMILES string of the molecule is CCC(Nc1ncnc2[nH]cnc12)c1cc2cccc(C)c2c(=O)n1C1CCNCC1. The maximum Gasteiger partial charge on any atom is 0.259 e. The van der Waals surface area contributed by atoms with Gasteiger partial charge in [0.05, 0.1) is 17.8 Å². The number of rotatable bonds is 5. The van der Waals surface area contributed by atoms with Gasteiger partial charge in [-0.15, -0.1) is 0 Å². The van der Waals surface area contributed by atoms with Gasteiger partial charge in [0.2, 0.25) is 0 Å². The van der Waals surface area contributed by atoms with Crippen molar-refractivity contribution in [2.24, 2.45) is 0 Å². The van der Waals surface area contributed by atoms with Crippen molar-refractivity contribution >= 4 is 27.8 Å². The van der Waals surface area contributed by atoms with E-state index >= 15 is 0 Å². The predicted octanol–water partition coefficient (Wildman–Crippen LogP) is 3.46. The molecule has 3 aromatic heterocycles. The van der Waals surface area contributed by atoms with E-state index in [4.69, 9.17) is 0 Å². The molecule has 160 valence electrons. The Hall–Kier alpha value is -3.26. The Labute approximate surface area is 180 Å². The topological polar surface area (TPSA) is 101 Å². The van der Waals surface area contributed by atoms with E-state index in [9.17, 15) is 4.79 Å². The molecule has 0 aliphatic carbocycles. The molecule has 31 heavy (non-hydrogen) atoms. The third-order valence-corrected chi connectivity index (χ3v) is 6.29. The number of aromatic nitrogens is 5. The smallest absolute Gasteiger partial charge is 0.259 e. The molecule has 1 aromatic carbocycles. The number of nitrogens with zero attached hydrogens (tertiary/aromatic N) is 4. The second-order valence-electron chi connectivity index (χ2n) is 8.19. The second kappa shape index (κ2) is 8.11. The van der Waals surface area contributed by atoms with Gasteiger partial charge in [-0.2, -0.15) is 0 Å². The number of aryl methyl sites for hydroxylation is 1. The molecule has 0 amide bonds. The molecule has 1 saturated heterocycles. The number of benzene rings is 1. The maximum absolute atomic E-state index is 13.8. The van der Waals surface area contributed by atoms with Crippen molar-refractivity contribution in [3.63, 3.8) is 0 Å². The van der Waals surface area contributed by atoms with Crippen LogP contribution in [0, 0.1) is 6.92 Å². The molecule has 4 aromatic rings. The van der Waals surface area contributed by atoms with Crippen LogP contribution in [0.4, 0.5) is 5.82 Å². The number of anilines is 1. The summed E-state index contributed by atoms with van der Waals surface area (Å²) in [5.74, 6) is 0.673. The molecule has 1 aliphatic heterocycles. The molecule has 0 spiro atoms. The fraction of sp³-hybridized carbons (Fsp3) is 0.391. The second-order valence-corrected chi connectivity index (χ2v) is 8.19. The van der Waals surface area contributed by atoms with Crippen LogP contribution in [0.5, 0.6) is 0 Å². The van der Waals surface area contributed by atoms with Gasteiger partial charge in [0, 0.05) is 11.7 Å². The van der Waals surface area contributed by atoms with Gasteiger partial charge in [0.1, 0.15) is 11.8 Å². The van der Waals surface area contributed by atoms with Crippen LogP contribution in [0.3, 0.4) is 0 Å². The molecule has 1 unspecified atom stereocenters. The zero-order chi connectivity index (χ0) is 21.4. The van der Waals surface area contributed by atoms with Crippen LogP contribution in [0.15, 0.2) is 41.7 Å². The summed E-state index contributed by atoms with van der Waals surface area (Å²) in [6, 6.07) is 8.34. The Morgan fingerprint density at radius 2 is 2.06 bits per heavy atom. The van der Waals surface area contributed by atoms with Crippen LogP contribution in [0.1, 0.15) is 49.5 Å². The average Bonchev–Trinajstić information content (AvgIpc) is 3.27. The lowest BCUT2D eigenvalue weighted by atomic mass is 9.99. The van der Waals surface area contributed by atoms with Crippen LogP contribution < -0.4 is 16.2 Å². The molecule has 1 atom stereocenters. The monoisotopic (exact) mass is 417 g/mol. The number of hydrogen-bond donors (Lipinski definition) is 3. The lowest BCUT2D eigenvalue weighted by molar-refractivity contribution is 0.350. The quantitative estimate of drug-likeness (QED) is 0.460. The third kappa shape index (κ3) is 3.46. The van der Waals surface area contributed by atoms with E-state index in [0.717, 1.165) is 54.4 Å². The first-order chi connectivity index (χ1) is 15.2. The Balaban J connectivity index is 1.67. The molecule has 0 bridgehead atoms. The molecule has 5 rings (SSSR count). The van der Waals surface area contributed by atoms with Gasteiger partial charge >= 0.3 is 0 Å². The van der Waals surface area contributed by atoms with Crippen LogP contribution >= 0.6 is 0 Å². The van der Waals surface area contributed by atoms with Crippen LogP contribution in [-0.2, 0) is 0 Å². The molecular formula is C23H27N7O. The van der Waals surface area contributed by atoms with Gasteiger partial charge in [-0.1, -0.05) is 25.1 Å². The Bertz CT molecular complexity index is 1290. The lowest BCUT2D eigenvalue weighted by Crippen LogP contribution is -2.37. The molecule has 1 fully saturated rings. The van der Waals surface area contributed by atoms with Crippen molar-refractivity contribution < 1.29 is 0 Å². The molecule has 8 nitrogen and oxygen atoms in total. The van der Waals surface area contributed by atoms with Gasteiger partial charge in [-0.3, -0.25) is 4.79 Å². The van der Waals surface area contributed by atoms with Crippen LogP contribution in [0.25, 0.3) is 21.9 Å². The average molecular weight is 418 g/mol. The number of fused-ring (bicyclic) bond motifs is 2. The Morgan fingerprint density at radius 1 is 1.23 bits per heavy atom. The van der Waals surface area contributed by atoms with E-state index in [2.05, 4.69) is 43.6 Å². The van der Waals surface area contributed by atoms with Crippen molar-refractivity contribution in [1.29, 1.82) is 0 Å². The molecule has 0 saturated carbocycles. The zero-order valence-electron chi connectivity index (χ0n) is 17.9. The summed E-state index contributed by atoms with van der Waals surface area (Å²) in [5.41, 5.74) is 3.52. The number of nitrogens with one attached hydrogen (secondary N) is 3. The van der Waals surface area contributed by atoms with E-state index < -0.39 is 0 Å². The van der Waals surface area contributed by atoms with Crippen molar-refractivity contribution in [1.82, 2.24) is 29.8 Å². The summed E-state index contributed by atoms with van der Waals surface area (Å²) >= 11 is 0. The molecular weight excluding hydrogens is 390 g/mol. The molecule has 0 radical (unpaired) electrons. The highest BCUT2D eigenvalue weighted by Gasteiger charge is 2.25. The number of imidazole rings is 1. The Morgan fingerprint density at radius 3 is 2.87 bits per heavy atom. The fourth-order valence-corrected chi connectivity index (χ4v) is 4.70. The highest BCUT2D eigenvalue weighted by atomic mass is 16.1. The molecule has 1 aliphatic rings. The number of hydrogen-bond acceptors (Lipinski definition) is 6. The summed E-state index contributed by atoms with van der Waals surface area (Å²) in [7, 11) is 0. The van der Waals surface area contributed by atoms with E-state index in [1.165, 1.54) is 6.33 Å². The summed E-state index contributed by atoms with van der Waals surface area (Å²) in [5, 5.41) is 8.76. The van der Waals surface area contributed by atoms with Crippen LogP contribution in [0.2, 0.25) is 0 Å². The maximum atomic E-state index is 13.8. The van der Waals surface area contributed by atoms with Gasteiger partial charge < -0.3 is 20.2 Å². The summed E-state index contributed by atoms with van der Waals surface area (Å²) in [6.45, 7) is 5.98. The molecule has 4 heterocycles. The lowest BCUT2D eigenvalue weighted by Gasteiger charge is -2.31. The number of aromatic amines is 1. The van der Waals surface area contributed by atoms with Gasteiger partial charge in [0.15, 0.2) is 11.5 Å². The van der Waals surface area contributed by atoms with Crippen molar-refractivity contribution in [2.75, 3.05) is 18.4 Å². The van der Waals surface area contributed by atoms with E-state index in [-0.39, 0.29) is 17.6 Å². The molecule has 8 heteroatoms. The first kappa shape index (κ1) is 19.7. The highest BCUT2D eigenvalue weighted by Crippen LogP contribution is 2.30. The van der Waals surface area contributed by atoms with Crippen LogP contribution in [-0.4, -0.2) is 37.6 Å². The standard InChI is InChI=1S/C23H27N7O/c1-3-17(29-22-20-21(26-12-25-20)27-13-28-22)18-11-15-6-4-5-14(2)19(15)23(31)30(18)16-7-9-24-10-8-16/h4-6,11-13,16-17,24H,3,7-10H2,1-2H3,(H2,25,26,27,28,29). The largest absolute Gasteiger partial charge is 0.360 e. The first-order valence-corrected chi connectivity index (χ1v) is 10.9. The minimum atomic E-state index is -0.0812. The summed E-state index contributed by atoms with van der Waals surface area (Å²) in [4.78, 5) is 29.8. The van der Waals surface area contributed by atoms with Gasteiger partial charge in [-0.05, 0) is 56.3 Å². The van der Waals surface area contributed by atoms with Gasteiger partial charge in [-0.25, -0.2) is 15.0 Å². The minimum absolute atomic E-state index is 0.0812. The third-order valence-electron chi connectivity index (χ3n) is 6.29. The normalized spacial score (nSPS) is 16.1. The van der Waals surface area contributed by atoms with E-state index in [0.29, 0.717) is 17.0 Å². The summed E-state index contributed by atoms with van der Waals surface area (Å²) in [6.07, 6.45) is 5.84. The van der Waals surface area contributed by atoms with Gasteiger partial charge in [0.25, 0.3) is 5.56 Å². The summed E-state index contributed by atoms with van der Waals surface area (Å²) < 4.78 is 2.04. The van der Waals surface area contributed by atoms with E-state index in [1.54, 1.807) is 6.33 Å². The van der Waals surface area contributed by atoms with E-state index in [1.807, 2.05) is 29.7 Å². The van der Waals surface area contributed by atoms with Crippen molar-refractivity contribution in [3.05, 3.63) is 58.5 Å². The Kier molecular flexibility index (Phi) is 5.15. The highest BCUT2D eigenvalue weighted by molar-refractivity contribution is 5.85. The molecule has 3 N–H and O–H groups in total. The van der Waals surface area contributed by atoms with Crippen molar-refractivity contribution in [2.45, 2.75) is 45.2 Å². The number of H-pyrrole nitrogens is 1.